The first-order chi connectivity index (χ1) is 9.74. The van der Waals surface area contributed by atoms with E-state index in [1.54, 1.807) is 12.3 Å². The molecular weight excluding hydrogens is 250 g/mol. The van der Waals surface area contributed by atoms with Gasteiger partial charge in [0.05, 0.1) is 5.69 Å². The maximum atomic E-state index is 9.46. The average molecular weight is 263 g/mol. The summed E-state index contributed by atoms with van der Waals surface area (Å²) in [6.07, 6.45) is 1.67. The summed E-state index contributed by atoms with van der Waals surface area (Å²) in [5.41, 5.74) is 1.60. The standard InChI is InChI=1S/C17H13NO2/c19-16-9-8-12(10-17(16)20)11-18-15-7-3-5-13-4-1-2-6-14(13)15/h1-11,19-20H. The number of rotatable bonds is 2. The molecular formula is C17H13NO2. The lowest BCUT2D eigenvalue weighted by atomic mass is 10.1. The highest BCUT2D eigenvalue weighted by atomic mass is 16.3. The van der Waals surface area contributed by atoms with Crippen LogP contribution in [-0.2, 0) is 0 Å². The zero-order chi connectivity index (χ0) is 13.9. The summed E-state index contributed by atoms with van der Waals surface area (Å²) in [6.45, 7) is 0. The molecule has 3 heteroatoms. The molecule has 0 bridgehead atoms. The van der Waals surface area contributed by atoms with Crippen molar-refractivity contribution in [3.05, 3.63) is 66.2 Å². The molecule has 0 aromatic heterocycles. The molecule has 2 N–H and O–H groups in total. The summed E-state index contributed by atoms with van der Waals surface area (Å²) in [6, 6.07) is 18.6. The lowest BCUT2D eigenvalue weighted by molar-refractivity contribution is 0.403. The first kappa shape index (κ1) is 12.2. The molecule has 0 atom stereocenters. The Morgan fingerprint density at radius 2 is 1.60 bits per heavy atom. The van der Waals surface area contributed by atoms with Crippen LogP contribution in [0.25, 0.3) is 10.8 Å². The lowest BCUT2D eigenvalue weighted by Gasteiger charge is -2.02. The minimum absolute atomic E-state index is 0.132. The van der Waals surface area contributed by atoms with Crippen LogP contribution in [0.3, 0.4) is 0 Å². The van der Waals surface area contributed by atoms with Crippen molar-refractivity contribution in [3.63, 3.8) is 0 Å². The molecule has 0 aliphatic carbocycles. The Hall–Kier alpha value is -2.81. The van der Waals surface area contributed by atoms with E-state index in [1.165, 1.54) is 12.1 Å². The number of phenolic OH excluding ortho intramolecular Hbond substituents is 2. The Morgan fingerprint density at radius 3 is 2.45 bits per heavy atom. The zero-order valence-electron chi connectivity index (χ0n) is 10.7. The largest absolute Gasteiger partial charge is 0.504 e. The summed E-state index contributed by atoms with van der Waals surface area (Å²) >= 11 is 0. The number of aliphatic imine (C=N–C) groups is 1. The van der Waals surface area contributed by atoms with Crippen LogP contribution < -0.4 is 0 Å². The molecule has 98 valence electrons. The Morgan fingerprint density at radius 1 is 0.800 bits per heavy atom. The van der Waals surface area contributed by atoms with E-state index in [2.05, 4.69) is 4.99 Å². The average Bonchev–Trinajstić information content (AvgIpc) is 2.48. The molecule has 0 radical (unpaired) electrons. The number of fused-ring (bicyclic) bond motifs is 1. The Kier molecular flexibility index (Phi) is 3.09. The fourth-order valence-electron chi connectivity index (χ4n) is 2.09. The summed E-state index contributed by atoms with van der Waals surface area (Å²) in [7, 11) is 0. The molecule has 0 aliphatic heterocycles. The van der Waals surface area contributed by atoms with Crippen LogP contribution >= 0.6 is 0 Å². The summed E-state index contributed by atoms with van der Waals surface area (Å²) in [4.78, 5) is 4.46. The third-order valence-electron chi connectivity index (χ3n) is 3.12. The normalized spacial score (nSPS) is 11.2. The number of hydrogen-bond donors (Lipinski definition) is 2. The molecule has 3 aromatic carbocycles. The van der Waals surface area contributed by atoms with Gasteiger partial charge in [0, 0.05) is 11.6 Å². The minimum Gasteiger partial charge on any atom is -0.504 e. The van der Waals surface area contributed by atoms with E-state index < -0.39 is 0 Å². The second kappa shape index (κ2) is 5.05. The third kappa shape index (κ3) is 2.34. The van der Waals surface area contributed by atoms with Crippen molar-refractivity contribution in [1.82, 2.24) is 0 Å². The van der Waals surface area contributed by atoms with Gasteiger partial charge in [-0.1, -0.05) is 36.4 Å². The number of hydrogen-bond acceptors (Lipinski definition) is 3. The van der Waals surface area contributed by atoms with E-state index in [0.29, 0.717) is 0 Å². The Balaban J connectivity index is 2.00. The number of phenols is 2. The maximum absolute atomic E-state index is 9.46. The van der Waals surface area contributed by atoms with Gasteiger partial charge in [-0.15, -0.1) is 0 Å². The molecule has 3 rings (SSSR count). The lowest BCUT2D eigenvalue weighted by Crippen LogP contribution is -1.81. The van der Waals surface area contributed by atoms with Gasteiger partial charge in [0.25, 0.3) is 0 Å². The van der Waals surface area contributed by atoms with Gasteiger partial charge in [-0.05, 0) is 35.2 Å². The van der Waals surface area contributed by atoms with Crippen LogP contribution in [0.1, 0.15) is 5.56 Å². The van der Waals surface area contributed by atoms with Gasteiger partial charge in [0.2, 0.25) is 0 Å². The van der Waals surface area contributed by atoms with Gasteiger partial charge in [0.1, 0.15) is 0 Å². The van der Waals surface area contributed by atoms with E-state index >= 15 is 0 Å². The molecule has 3 nitrogen and oxygen atoms in total. The van der Waals surface area contributed by atoms with Crippen molar-refractivity contribution in [2.24, 2.45) is 4.99 Å². The van der Waals surface area contributed by atoms with Crippen molar-refractivity contribution >= 4 is 22.7 Å². The quantitative estimate of drug-likeness (QED) is 0.542. The molecule has 0 unspecified atom stereocenters. The number of aromatic hydroxyl groups is 2. The first-order valence-corrected chi connectivity index (χ1v) is 6.28. The SMILES string of the molecule is Oc1ccc(C=Nc2cccc3ccccc23)cc1O. The van der Waals surface area contributed by atoms with Crippen molar-refractivity contribution in [3.8, 4) is 11.5 Å². The third-order valence-corrected chi connectivity index (χ3v) is 3.12. The second-order valence-electron chi connectivity index (χ2n) is 4.50. The van der Waals surface area contributed by atoms with Gasteiger partial charge < -0.3 is 10.2 Å². The molecule has 0 amide bonds. The predicted octanol–water partition coefficient (Wildman–Crippen LogP) is 4.00. The van der Waals surface area contributed by atoms with Crippen molar-refractivity contribution < 1.29 is 10.2 Å². The van der Waals surface area contributed by atoms with Crippen LogP contribution in [0.15, 0.2) is 65.7 Å². The van der Waals surface area contributed by atoms with Gasteiger partial charge in [0.15, 0.2) is 11.5 Å². The highest BCUT2D eigenvalue weighted by Gasteiger charge is 2.00. The van der Waals surface area contributed by atoms with E-state index in [-0.39, 0.29) is 11.5 Å². The van der Waals surface area contributed by atoms with Crippen LogP contribution in [0, 0.1) is 0 Å². The Bertz CT molecular complexity index is 789. The first-order valence-electron chi connectivity index (χ1n) is 6.28. The number of nitrogens with zero attached hydrogens (tertiary/aromatic N) is 1. The fourth-order valence-corrected chi connectivity index (χ4v) is 2.09. The van der Waals surface area contributed by atoms with E-state index in [4.69, 9.17) is 0 Å². The van der Waals surface area contributed by atoms with Crippen LogP contribution in [-0.4, -0.2) is 16.4 Å². The van der Waals surface area contributed by atoms with Crippen molar-refractivity contribution in [2.45, 2.75) is 0 Å². The van der Waals surface area contributed by atoms with Crippen LogP contribution in [0.2, 0.25) is 0 Å². The predicted molar refractivity (Wildman–Crippen MR) is 81.0 cm³/mol. The maximum Gasteiger partial charge on any atom is 0.158 e. The van der Waals surface area contributed by atoms with E-state index in [1.807, 2.05) is 42.5 Å². The number of benzene rings is 3. The summed E-state index contributed by atoms with van der Waals surface area (Å²) in [5.74, 6) is -0.279. The van der Waals surface area contributed by atoms with Crippen molar-refractivity contribution in [1.29, 1.82) is 0 Å². The Labute approximate surface area is 116 Å². The van der Waals surface area contributed by atoms with E-state index in [0.717, 1.165) is 22.0 Å². The minimum atomic E-state index is -0.146. The van der Waals surface area contributed by atoms with Gasteiger partial charge >= 0.3 is 0 Å². The molecule has 3 aromatic rings. The molecule has 0 fully saturated rings. The molecule has 0 saturated carbocycles. The molecule has 0 saturated heterocycles. The van der Waals surface area contributed by atoms with Crippen LogP contribution in [0.4, 0.5) is 5.69 Å². The summed E-state index contributed by atoms with van der Waals surface area (Å²) in [5, 5.41) is 20.9. The van der Waals surface area contributed by atoms with Crippen LogP contribution in [0.5, 0.6) is 11.5 Å². The zero-order valence-corrected chi connectivity index (χ0v) is 10.7. The fraction of sp³-hybridized carbons (Fsp3) is 0. The van der Waals surface area contributed by atoms with Gasteiger partial charge in [-0.25, -0.2) is 0 Å². The highest BCUT2D eigenvalue weighted by molar-refractivity contribution is 5.95. The molecule has 20 heavy (non-hydrogen) atoms. The molecule has 0 spiro atoms. The van der Waals surface area contributed by atoms with E-state index in [9.17, 15) is 10.2 Å². The van der Waals surface area contributed by atoms with Crippen molar-refractivity contribution in [2.75, 3.05) is 0 Å². The highest BCUT2D eigenvalue weighted by Crippen LogP contribution is 2.27. The topological polar surface area (TPSA) is 52.8 Å². The molecule has 0 aliphatic rings. The van der Waals surface area contributed by atoms with Gasteiger partial charge in [-0.3, -0.25) is 4.99 Å². The second-order valence-corrected chi connectivity index (χ2v) is 4.50. The monoisotopic (exact) mass is 263 g/mol. The smallest absolute Gasteiger partial charge is 0.158 e. The van der Waals surface area contributed by atoms with Gasteiger partial charge in [-0.2, -0.15) is 0 Å². The molecule has 0 heterocycles. The summed E-state index contributed by atoms with van der Waals surface area (Å²) < 4.78 is 0.